The first-order valence-corrected chi connectivity index (χ1v) is 6.12. The first-order valence-electron chi connectivity index (χ1n) is 6.12. The van der Waals surface area contributed by atoms with Gasteiger partial charge in [0.15, 0.2) is 0 Å². The van der Waals surface area contributed by atoms with Crippen molar-refractivity contribution in [2.45, 2.75) is 19.3 Å². The van der Waals surface area contributed by atoms with Gasteiger partial charge in [0.2, 0.25) is 0 Å². The van der Waals surface area contributed by atoms with Crippen molar-refractivity contribution < 1.29 is 9.90 Å². The summed E-state index contributed by atoms with van der Waals surface area (Å²) in [7, 11) is 1.75. The lowest BCUT2D eigenvalue weighted by molar-refractivity contribution is 0.220. The summed E-state index contributed by atoms with van der Waals surface area (Å²) in [4.78, 5) is 13.4. The number of benzene rings is 1. The van der Waals surface area contributed by atoms with E-state index in [-0.39, 0.29) is 12.6 Å². The highest BCUT2D eigenvalue weighted by molar-refractivity contribution is 5.89. The lowest BCUT2D eigenvalue weighted by Gasteiger charge is -2.17. The molecule has 0 spiro atoms. The molecule has 1 rings (SSSR count). The van der Waals surface area contributed by atoms with Gasteiger partial charge in [0.05, 0.1) is 0 Å². The summed E-state index contributed by atoms with van der Waals surface area (Å²) in [5, 5.41) is 11.4. The number of unbranched alkanes of at least 4 members (excludes halogenated alkanes) is 2. The minimum absolute atomic E-state index is 0.149. The average molecular weight is 251 g/mol. The summed E-state index contributed by atoms with van der Waals surface area (Å²) in [5.74, 6) is 0. The minimum Gasteiger partial charge on any atom is -0.399 e. The predicted octanol–water partition coefficient (Wildman–Crippen LogP) is 1.90. The van der Waals surface area contributed by atoms with Crippen molar-refractivity contribution in [1.82, 2.24) is 4.90 Å². The second kappa shape index (κ2) is 7.55. The van der Waals surface area contributed by atoms with Gasteiger partial charge in [0.25, 0.3) is 0 Å². The average Bonchev–Trinajstić information content (AvgIpc) is 2.34. The van der Waals surface area contributed by atoms with Gasteiger partial charge < -0.3 is 21.1 Å². The van der Waals surface area contributed by atoms with Gasteiger partial charge in [-0.25, -0.2) is 4.79 Å². The van der Waals surface area contributed by atoms with E-state index in [1.165, 1.54) is 0 Å². The molecule has 0 aromatic heterocycles. The van der Waals surface area contributed by atoms with E-state index in [1.807, 2.05) is 0 Å². The van der Waals surface area contributed by atoms with Crippen LogP contribution in [0.4, 0.5) is 16.2 Å². The van der Waals surface area contributed by atoms with Crippen molar-refractivity contribution >= 4 is 17.4 Å². The molecule has 0 saturated heterocycles. The second-order valence-electron chi connectivity index (χ2n) is 4.26. The fraction of sp³-hybridized carbons (Fsp3) is 0.462. The third-order valence-electron chi connectivity index (χ3n) is 2.64. The SMILES string of the molecule is CN(CCCCCO)C(=O)Nc1cccc(N)c1. The summed E-state index contributed by atoms with van der Waals surface area (Å²) in [6.07, 6.45) is 2.60. The molecule has 4 N–H and O–H groups in total. The van der Waals surface area contributed by atoms with Gasteiger partial charge in [-0.15, -0.1) is 0 Å². The number of nitrogen functional groups attached to an aromatic ring is 1. The van der Waals surface area contributed by atoms with Crippen molar-refractivity contribution in [3.8, 4) is 0 Å². The Balaban J connectivity index is 2.35. The molecule has 0 saturated carbocycles. The van der Waals surface area contributed by atoms with E-state index in [2.05, 4.69) is 5.32 Å². The normalized spacial score (nSPS) is 10.1. The van der Waals surface area contributed by atoms with Gasteiger partial charge in [-0.05, 0) is 37.5 Å². The number of anilines is 2. The molecule has 1 aromatic carbocycles. The van der Waals surface area contributed by atoms with Crippen molar-refractivity contribution in [3.05, 3.63) is 24.3 Å². The van der Waals surface area contributed by atoms with E-state index in [0.717, 1.165) is 19.3 Å². The monoisotopic (exact) mass is 251 g/mol. The third-order valence-corrected chi connectivity index (χ3v) is 2.64. The number of carbonyl (C=O) groups excluding carboxylic acids is 1. The summed E-state index contributed by atoms with van der Waals surface area (Å²) >= 11 is 0. The molecule has 0 aliphatic heterocycles. The smallest absolute Gasteiger partial charge is 0.321 e. The van der Waals surface area contributed by atoms with Crippen molar-refractivity contribution in [3.63, 3.8) is 0 Å². The van der Waals surface area contributed by atoms with E-state index in [0.29, 0.717) is 17.9 Å². The topological polar surface area (TPSA) is 78.6 Å². The van der Waals surface area contributed by atoms with Crippen molar-refractivity contribution in [2.75, 3.05) is 31.2 Å². The number of urea groups is 1. The Hall–Kier alpha value is -1.75. The van der Waals surface area contributed by atoms with Gasteiger partial charge in [-0.3, -0.25) is 0 Å². The first kappa shape index (κ1) is 14.3. The van der Waals surface area contributed by atoms with Crippen LogP contribution in [0.25, 0.3) is 0 Å². The zero-order valence-electron chi connectivity index (χ0n) is 10.7. The summed E-state index contributed by atoms with van der Waals surface area (Å²) in [6.45, 7) is 0.882. The number of nitrogens with zero attached hydrogens (tertiary/aromatic N) is 1. The number of nitrogens with one attached hydrogen (secondary N) is 1. The molecule has 1 aromatic rings. The summed E-state index contributed by atoms with van der Waals surface area (Å²) in [5.41, 5.74) is 6.96. The molecule has 0 aliphatic carbocycles. The number of hydrogen-bond donors (Lipinski definition) is 3. The Bertz CT molecular complexity index is 382. The zero-order valence-corrected chi connectivity index (χ0v) is 10.7. The second-order valence-corrected chi connectivity index (χ2v) is 4.26. The predicted molar refractivity (Wildman–Crippen MR) is 73.4 cm³/mol. The standard InChI is InChI=1S/C13H21N3O2/c1-16(8-3-2-4-9-17)13(18)15-12-7-5-6-11(14)10-12/h5-7,10,17H,2-4,8-9,14H2,1H3,(H,15,18). The lowest BCUT2D eigenvalue weighted by atomic mass is 10.2. The third kappa shape index (κ3) is 5.05. The number of rotatable bonds is 6. The maximum atomic E-state index is 11.8. The molecule has 0 bridgehead atoms. The molecule has 0 aliphatic rings. The molecule has 0 radical (unpaired) electrons. The van der Waals surface area contributed by atoms with Crippen LogP contribution in [0.1, 0.15) is 19.3 Å². The summed E-state index contributed by atoms with van der Waals surface area (Å²) < 4.78 is 0. The Morgan fingerprint density at radius 2 is 2.17 bits per heavy atom. The number of nitrogens with two attached hydrogens (primary N) is 1. The van der Waals surface area contributed by atoms with Crippen LogP contribution >= 0.6 is 0 Å². The molecule has 2 amide bonds. The number of aliphatic hydroxyl groups excluding tert-OH is 1. The van der Waals surface area contributed by atoms with E-state index >= 15 is 0 Å². The van der Waals surface area contributed by atoms with Crippen LogP contribution < -0.4 is 11.1 Å². The Morgan fingerprint density at radius 1 is 1.39 bits per heavy atom. The van der Waals surface area contributed by atoms with Crippen LogP contribution in [-0.2, 0) is 0 Å². The van der Waals surface area contributed by atoms with Crippen LogP contribution in [0.5, 0.6) is 0 Å². The molecule has 0 fully saturated rings. The quantitative estimate of drug-likeness (QED) is 0.533. The van der Waals surface area contributed by atoms with Crippen LogP contribution in [-0.4, -0.2) is 36.2 Å². The molecule has 5 heteroatoms. The van der Waals surface area contributed by atoms with E-state index in [1.54, 1.807) is 36.2 Å². The van der Waals surface area contributed by atoms with Crippen molar-refractivity contribution in [1.29, 1.82) is 0 Å². The Labute approximate surface area is 108 Å². The van der Waals surface area contributed by atoms with Gasteiger partial charge >= 0.3 is 6.03 Å². The number of aliphatic hydroxyl groups is 1. The fourth-order valence-corrected chi connectivity index (χ4v) is 1.57. The van der Waals surface area contributed by atoms with E-state index < -0.39 is 0 Å². The number of hydrogen-bond acceptors (Lipinski definition) is 3. The molecule has 18 heavy (non-hydrogen) atoms. The van der Waals surface area contributed by atoms with Gasteiger partial charge in [0, 0.05) is 31.6 Å². The fourth-order valence-electron chi connectivity index (χ4n) is 1.57. The molecular weight excluding hydrogens is 230 g/mol. The lowest BCUT2D eigenvalue weighted by Crippen LogP contribution is -2.32. The van der Waals surface area contributed by atoms with Gasteiger partial charge in [0.1, 0.15) is 0 Å². The highest BCUT2D eigenvalue weighted by Crippen LogP contribution is 2.12. The highest BCUT2D eigenvalue weighted by atomic mass is 16.2. The molecule has 0 heterocycles. The molecule has 0 unspecified atom stereocenters. The molecule has 0 atom stereocenters. The zero-order chi connectivity index (χ0) is 13.4. The largest absolute Gasteiger partial charge is 0.399 e. The first-order chi connectivity index (χ1) is 8.63. The maximum absolute atomic E-state index is 11.8. The Morgan fingerprint density at radius 3 is 2.83 bits per heavy atom. The minimum atomic E-state index is -0.149. The van der Waals surface area contributed by atoms with Gasteiger partial charge in [-0.2, -0.15) is 0 Å². The molecular formula is C13H21N3O2. The highest BCUT2D eigenvalue weighted by Gasteiger charge is 2.08. The van der Waals surface area contributed by atoms with Crippen LogP contribution in [0.2, 0.25) is 0 Å². The molecule has 5 nitrogen and oxygen atoms in total. The molecule has 100 valence electrons. The summed E-state index contributed by atoms with van der Waals surface area (Å²) in [6, 6.07) is 6.94. The van der Waals surface area contributed by atoms with Crippen LogP contribution in [0, 0.1) is 0 Å². The number of amides is 2. The van der Waals surface area contributed by atoms with Crippen molar-refractivity contribution in [2.24, 2.45) is 0 Å². The van der Waals surface area contributed by atoms with E-state index in [4.69, 9.17) is 10.8 Å². The van der Waals surface area contributed by atoms with Crippen LogP contribution in [0.15, 0.2) is 24.3 Å². The van der Waals surface area contributed by atoms with Gasteiger partial charge in [-0.1, -0.05) is 6.07 Å². The Kier molecular flexibility index (Phi) is 6.00. The van der Waals surface area contributed by atoms with E-state index in [9.17, 15) is 4.79 Å². The number of carbonyl (C=O) groups is 1. The maximum Gasteiger partial charge on any atom is 0.321 e. The van der Waals surface area contributed by atoms with Crippen LogP contribution in [0.3, 0.4) is 0 Å².